The first-order chi connectivity index (χ1) is 13.3. The highest BCUT2D eigenvalue weighted by Crippen LogP contribution is 2.22. The smallest absolute Gasteiger partial charge is 0.329 e. The van der Waals surface area contributed by atoms with Gasteiger partial charge in [0, 0.05) is 17.8 Å². The summed E-state index contributed by atoms with van der Waals surface area (Å²) in [5, 5.41) is 5.31. The van der Waals surface area contributed by atoms with Crippen molar-refractivity contribution in [1.29, 1.82) is 0 Å². The monoisotopic (exact) mass is 389 g/mol. The van der Waals surface area contributed by atoms with Crippen LogP contribution in [0.4, 0.5) is 10.5 Å². The number of para-hydroxylation sites is 1. The Bertz CT molecular complexity index is 667. The van der Waals surface area contributed by atoms with Gasteiger partial charge in [-0.3, -0.25) is 4.79 Å². The maximum absolute atomic E-state index is 12.5. The van der Waals surface area contributed by atoms with E-state index in [0.29, 0.717) is 5.69 Å². The molecule has 154 valence electrons. The zero-order valence-corrected chi connectivity index (χ0v) is 17.1. The Balaban J connectivity index is 1.89. The van der Waals surface area contributed by atoms with E-state index in [-0.39, 0.29) is 30.5 Å². The van der Waals surface area contributed by atoms with Gasteiger partial charge in [-0.1, -0.05) is 32.0 Å². The number of nitrogens with one attached hydrogen (secondary N) is 2. The van der Waals surface area contributed by atoms with Crippen LogP contribution in [-0.2, 0) is 14.3 Å². The fourth-order valence-corrected chi connectivity index (χ4v) is 3.54. The number of carbonyl (C=O) groups is 3. The number of hydrogen-bond donors (Lipinski definition) is 2. The Morgan fingerprint density at radius 1 is 1.11 bits per heavy atom. The number of anilines is 1. The standard InChI is InChI=1S/C21H31N3O4/c1-14(2)19(23-21(27)22-17-11-6-5-7-12-17)20(26)28-13-18(25)24-15(3)9-8-10-16(24)4/h5-7,11-12,14-16,19H,8-10,13H2,1-4H3,(H2,22,23,27)/t15-,16-,19+/m0/s1. The van der Waals surface area contributed by atoms with Crippen LogP contribution in [0.1, 0.15) is 47.0 Å². The molecule has 0 unspecified atom stereocenters. The summed E-state index contributed by atoms with van der Waals surface area (Å²) in [6.45, 7) is 7.35. The molecule has 1 aliphatic heterocycles. The number of esters is 1. The van der Waals surface area contributed by atoms with Crippen molar-refractivity contribution in [3.63, 3.8) is 0 Å². The van der Waals surface area contributed by atoms with Crippen molar-refractivity contribution in [2.75, 3.05) is 11.9 Å². The van der Waals surface area contributed by atoms with E-state index in [0.717, 1.165) is 19.3 Å². The topological polar surface area (TPSA) is 87.7 Å². The largest absolute Gasteiger partial charge is 0.454 e. The molecule has 1 aliphatic rings. The van der Waals surface area contributed by atoms with Crippen molar-refractivity contribution < 1.29 is 19.1 Å². The molecule has 1 aromatic rings. The average molecular weight is 389 g/mol. The lowest BCUT2D eigenvalue weighted by molar-refractivity contribution is -0.156. The lowest BCUT2D eigenvalue weighted by Gasteiger charge is -2.39. The van der Waals surface area contributed by atoms with Crippen LogP contribution in [0.25, 0.3) is 0 Å². The van der Waals surface area contributed by atoms with Crippen molar-refractivity contribution in [3.8, 4) is 0 Å². The minimum Gasteiger partial charge on any atom is -0.454 e. The van der Waals surface area contributed by atoms with Crippen LogP contribution in [0.5, 0.6) is 0 Å². The van der Waals surface area contributed by atoms with Crippen molar-refractivity contribution in [2.45, 2.75) is 65.1 Å². The van der Waals surface area contributed by atoms with Gasteiger partial charge in [0.1, 0.15) is 6.04 Å². The molecular formula is C21H31N3O4. The molecule has 7 heteroatoms. The number of benzene rings is 1. The molecule has 0 saturated carbocycles. The van der Waals surface area contributed by atoms with Gasteiger partial charge in [0.2, 0.25) is 0 Å². The Morgan fingerprint density at radius 2 is 1.71 bits per heavy atom. The number of carbonyl (C=O) groups excluding carboxylic acids is 3. The number of hydrogen-bond acceptors (Lipinski definition) is 4. The van der Waals surface area contributed by atoms with Crippen LogP contribution in [0.15, 0.2) is 30.3 Å². The molecule has 2 rings (SSSR count). The summed E-state index contributed by atoms with van der Waals surface area (Å²) in [5.74, 6) is -0.981. The number of rotatable bonds is 6. The van der Waals surface area contributed by atoms with E-state index >= 15 is 0 Å². The number of likely N-dealkylation sites (tertiary alicyclic amines) is 1. The van der Waals surface area contributed by atoms with E-state index in [1.54, 1.807) is 29.2 Å². The van der Waals surface area contributed by atoms with Crippen molar-refractivity contribution >= 4 is 23.6 Å². The molecule has 7 nitrogen and oxygen atoms in total. The van der Waals surface area contributed by atoms with E-state index in [1.807, 2.05) is 33.8 Å². The second kappa shape index (κ2) is 10.1. The van der Waals surface area contributed by atoms with Gasteiger partial charge < -0.3 is 20.3 Å². The lowest BCUT2D eigenvalue weighted by Crippen LogP contribution is -2.50. The maximum atomic E-state index is 12.5. The highest BCUT2D eigenvalue weighted by molar-refractivity contribution is 5.93. The summed E-state index contributed by atoms with van der Waals surface area (Å²) in [6.07, 6.45) is 3.02. The average Bonchev–Trinajstić information content (AvgIpc) is 2.64. The summed E-state index contributed by atoms with van der Waals surface area (Å²) < 4.78 is 5.26. The molecule has 3 amide bonds. The van der Waals surface area contributed by atoms with Crippen LogP contribution in [0.2, 0.25) is 0 Å². The van der Waals surface area contributed by atoms with E-state index in [2.05, 4.69) is 10.6 Å². The summed E-state index contributed by atoms with van der Waals surface area (Å²) >= 11 is 0. The third kappa shape index (κ3) is 5.97. The van der Waals surface area contributed by atoms with Gasteiger partial charge >= 0.3 is 12.0 Å². The van der Waals surface area contributed by atoms with Gasteiger partial charge in [-0.25, -0.2) is 9.59 Å². The van der Waals surface area contributed by atoms with E-state index in [1.165, 1.54) is 0 Å². The quantitative estimate of drug-likeness (QED) is 0.732. The Hall–Kier alpha value is -2.57. The number of ether oxygens (including phenoxy) is 1. The highest BCUT2D eigenvalue weighted by Gasteiger charge is 2.31. The Morgan fingerprint density at radius 3 is 2.29 bits per heavy atom. The first-order valence-electron chi connectivity index (χ1n) is 9.90. The van der Waals surface area contributed by atoms with Gasteiger partial charge in [0.05, 0.1) is 0 Å². The van der Waals surface area contributed by atoms with Gasteiger partial charge in [-0.15, -0.1) is 0 Å². The molecule has 1 saturated heterocycles. The summed E-state index contributed by atoms with van der Waals surface area (Å²) in [4.78, 5) is 39.0. The molecule has 0 aliphatic carbocycles. The first kappa shape index (κ1) is 21.7. The zero-order chi connectivity index (χ0) is 20.7. The molecule has 1 fully saturated rings. The second-order valence-corrected chi connectivity index (χ2v) is 7.72. The lowest BCUT2D eigenvalue weighted by atomic mass is 9.97. The molecule has 0 bridgehead atoms. The van der Waals surface area contributed by atoms with Gasteiger partial charge in [0.15, 0.2) is 6.61 Å². The number of urea groups is 1. The van der Waals surface area contributed by atoms with E-state index in [4.69, 9.17) is 4.74 Å². The molecule has 1 heterocycles. The van der Waals surface area contributed by atoms with Gasteiger partial charge in [-0.2, -0.15) is 0 Å². The molecular weight excluding hydrogens is 358 g/mol. The molecule has 0 radical (unpaired) electrons. The normalized spacial score (nSPS) is 20.4. The summed E-state index contributed by atoms with van der Waals surface area (Å²) in [6, 6.07) is 7.91. The Labute approximate surface area is 166 Å². The third-order valence-corrected chi connectivity index (χ3v) is 5.06. The molecule has 28 heavy (non-hydrogen) atoms. The second-order valence-electron chi connectivity index (χ2n) is 7.72. The van der Waals surface area contributed by atoms with Crippen LogP contribution in [0, 0.1) is 5.92 Å². The molecule has 3 atom stereocenters. The Kier molecular flexibility index (Phi) is 7.84. The first-order valence-corrected chi connectivity index (χ1v) is 9.90. The predicted molar refractivity (Wildman–Crippen MR) is 108 cm³/mol. The number of piperidine rings is 1. The fourth-order valence-electron chi connectivity index (χ4n) is 3.54. The van der Waals surface area contributed by atoms with Crippen LogP contribution < -0.4 is 10.6 Å². The van der Waals surface area contributed by atoms with E-state index in [9.17, 15) is 14.4 Å². The minimum atomic E-state index is -0.840. The van der Waals surface area contributed by atoms with Crippen LogP contribution >= 0.6 is 0 Å². The zero-order valence-electron chi connectivity index (χ0n) is 17.1. The highest BCUT2D eigenvalue weighted by atomic mass is 16.5. The third-order valence-electron chi connectivity index (χ3n) is 5.06. The van der Waals surface area contributed by atoms with Gasteiger partial charge in [0.25, 0.3) is 5.91 Å². The van der Waals surface area contributed by atoms with Crippen LogP contribution in [0.3, 0.4) is 0 Å². The summed E-state index contributed by atoms with van der Waals surface area (Å²) in [5.41, 5.74) is 0.624. The van der Waals surface area contributed by atoms with Gasteiger partial charge in [-0.05, 0) is 51.2 Å². The summed E-state index contributed by atoms with van der Waals surface area (Å²) in [7, 11) is 0. The molecule has 0 spiro atoms. The fraction of sp³-hybridized carbons (Fsp3) is 0.571. The van der Waals surface area contributed by atoms with Crippen molar-refractivity contribution in [2.24, 2.45) is 5.92 Å². The maximum Gasteiger partial charge on any atom is 0.329 e. The predicted octanol–water partition coefficient (Wildman–Crippen LogP) is 3.17. The number of amides is 3. The molecule has 1 aromatic carbocycles. The SMILES string of the molecule is CC(C)[C@@H](NC(=O)Nc1ccccc1)C(=O)OCC(=O)N1[C@@H](C)CCC[C@@H]1C. The molecule has 0 aromatic heterocycles. The van der Waals surface area contributed by atoms with Crippen molar-refractivity contribution in [1.82, 2.24) is 10.2 Å². The molecule has 2 N–H and O–H groups in total. The minimum absolute atomic E-state index is 0.144. The van der Waals surface area contributed by atoms with Crippen molar-refractivity contribution in [3.05, 3.63) is 30.3 Å². The van der Waals surface area contributed by atoms with E-state index < -0.39 is 18.0 Å². The number of nitrogens with zero attached hydrogens (tertiary/aromatic N) is 1. The van der Waals surface area contributed by atoms with Crippen LogP contribution in [-0.4, -0.2) is 47.5 Å².